The third-order valence-electron chi connectivity index (χ3n) is 4.55. The van der Waals surface area contributed by atoms with Crippen LogP contribution in [0.1, 0.15) is 16.1 Å². The number of carbonyl (C=O) groups is 1. The number of amides is 1. The summed E-state index contributed by atoms with van der Waals surface area (Å²) >= 11 is 0. The molecule has 1 N–H and O–H groups in total. The molecule has 0 spiro atoms. The topological polar surface area (TPSA) is 69.0 Å². The number of aromatic nitrogens is 3. The van der Waals surface area contributed by atoms with Gasteiger partial charge in [-0.25, -0.2) is 4.68 Å². The van der Waals surface area contributed by atoms with Gasteiger partial charge in [-0.2, -0.15) is 0 Å². The van der Waals surface area contributed by atoms with E-state index in [1.54, 1.807) is 11.8 Å². The van der Waals surface area contributed by atoms with E-state index in [0.717, 1.165) is 22.6 Å². The largest absolute Gasteiger partial charge is 0.497 e. The predicted octanol–water partition coefficient (Wildman–Crippen LogP) is 3.87. The lowest BCUT2D eigenvalue weighted by molar-refractivity contribution is 0.0946. The van der Waals surface area contributed by atoms with Crippen molar-refractivity contribution < 1.29 is 9.53 Å². The summed E-state index contributed by atoms with van der Waals surface area (Å²) in [6.45, 7) is 0.384. The first-order valence-electron chi connectivity index (χ1n) is 9.24. The Hall–Kier alpha value is -3.93. The number of ether oxygens (including phenoxy) is 1. The second kappa shape index (κ2) is 8.39. The zero-order valence-corrected chi connectivity index (χ0v) is 15.9. The van der Waals surface area contributed by atoms with Crippen molar-refractivity contribution in [1.82, 2.24) is 20.3 Å². The Balaban J connectivity index is 1.64. The Bertz CT molecular complexity index is 1090. The lowest BCUT2D eigenvalue weighted by Crippen LogP contribution is -2.24. The zero-order chi connectivity index (χ0) is 20.1. The quantitative estimate of drug-likeness (QED) is 0.548. The van der Waals surface area contributed by atoms with Crippen LogP contribution < -0.4 is 10.1 Å². The highest BCUT2D eigenvalue weighted by Crippen LogP contribution is 2.25. The number of rotatable bonds is 6. The van der Waals surface area contributed by atoms with Gasteiger partial charge in [0.25, 0.3) is 5.91 Å². The smallest absolute Gasteiger partial charge is 0.274 e. The molecule has 0 fully saturated rings. The lowest BCUT2D eigenvalue weighted by atomic mass is 10.1. The van der Waals surface area contributed by atoms with Gasteiger partial charge in [-0.3, -0.25) is 4.79 Å². The second-order valence-electron chi connectivity index (χ2n) is 6.43. The summed E-state index contributed by atoms with van der Waals surface area (Å²) in [5, 5.41) is 11.4. The second-order valence-corrected chi connectivity index (χ2v) is 6.43. The van der Waals surface area contributed by atoms with E-state index in [1.165, 1.54) is 0 Å². The van der Waals surface area contributed by atoms with Crippen LogP contribution >= 0.6 is 0 Å². The van der Waals surface area contributed by atoms with Crippen LogP contribution in [0.3, 0.4) is 0 Å². The average Bonchev–Trinajstić information content (AvgIpc) is 3.24. The Morgan fingerprint density at radius 2 is 1.59 bits per heavy atom. The van der Waals surface area contributed by atoms with Gasteiger partial charge in [-0.15, -0.1) is 5.10 Å². The maximum Gasteiger partial charge on any atom is 0.274 e. The summed E-state index contributed by atoms with van der Waals surface area (Å²) in [6.07, 6.45) is 0. The minimum absolute atomic E-state index is 0.276. The molecule has 4 aromatic rings. The lowest BCUT2D eigenvalue weighted by Gasteiger charge is -2.09. The van der Waals surface area contributed by atoms with Crippen LogP contribution in [0.25, 0.3) is 16.9 Å². The van der Waals surface area contributed by atoms with Crippen LogP contribution in [0, 0.1) is 0 Å². The third kappa shape index (κ3) is 4.01. The summed E-state index contributed by atoms with van der Waals surface area (Å²) in [5.74, 6) is 0.499. The van der Waals surface area contributed by atoms with Gasteiger partial charge in [-0.1, -0.05) is 65.9 Å². The van der Waals surface area contributed by atoms with Gasteiger partial charge >= 0.3 is 0 Å². The fourth-order valence-corrected chi connectivity index (χ4v) is 3.05. The predicted molar refractivity (Wildman–Crippen MR) is 111 cm³/mol. The molecule has 0 bridgehead atoms. The van der Waals surface area contributed by atoms with Crippen LogP contribution in [0.5, 0.6) is 5.75 Å². The summed E-state index contributed by atoms with van der Waals surface area (Å²) in [7, 11) is 1.62. The first-order chi connectivity index (χ1) is 14.3. The highest BCUT2D eigenvalue weighted by molar-refractivity contribution is 5.98. The van der Waals surface area contributed by atoms with E-state index >= 15 is 0 Å². The van der Waals surface area contributed by atoms with Gasteiger partial charge in [0, 0.05) is 12.1 Å². The van der Waals surface area contributed by atoms with Gasteiger partial charge in [0.1, 0.15) is 11.4 Å². The summed E-state index contributed by atoms with van der Waals surface area (Å²) in [6, 6.07) is 26.9. The number of carbonyl (C=O) groups excluding carboxylic acids is 1. The Morgan fingerprint density at radius 3 is 2.24 bits per heavy atom. The van der Waals surface area contributed by atoms with Crippen LogP contribution in [0.4, 0.5) is 0 Å². The maximum absolute atomic E-state index is 12.9. The van der Waals surface area contributed by atoms with Crippen molar-refractivity contribution in [3.8, 4) is 22.7 Å². The number of nitrogens with one attached hydrogen (secondary N) is 1. The molecule has 4 rings (SSSR count). The van der Waals surface area contributed by atoms with Crippen molar-refractivity contribution in [3.05, 3.63) is 96.2 Å². The number of hydrogen-bond donors (Lipinski definition) is 1. The first kappa shape index (κ1) is 18.4. The van der Waals surface area contributed by atoms with Crippen molar-refractivity contribution in [2.45, 2.75) is 6.54 Å². The number of methoxy groups -OCH3 is 1. The number of benzene rings is 3. The summed E-state index contributed by atoms with van der Waals surface area (Å²) in [5.41, 5.74) is 3.62. The van der Waals surface area contributed by atoms with E-state index in [4.69, 9.17) is 4.74 Å². The normalized spacial score (nSPS) is 10.5. The van der Waals surface area contributed by atoms with Gasteiger partial charge < -0.3 is 10.1 Å². The minimum atomic E-state index is -0.276. The third-order valence-corrected chi connectivity index (χ3v) is 4.55. The van der Waals surface area contributed by atoms with Crippen LogP contribution in [0.15, 0.2) is 84.9 Å². The fraction of sp³-hybridized carbons (Fsp3) is 0.0870. The molecule has 3 aromatic carbocycles. The van der Waals surface area contributed by atoms with E-state index in [1.807, 2.05) is 84.9 Å². The van der Waals surface area contributed by atoms with E-state index in [-0.39, 0.29) is 11.6 Å². The standard InChI is InChI=1S/C23H20N4O2/c1-29-20-14-12-17(13-15-20)16-24-23(28)21-22(18-8-4-2-5-9-18)27(26-25-21)19-10-6-3-7-11-19/h2-15H,16H2,1H3,(H,24,28). The number of para-hydroxylation sites is 1. The molecule has 0 atom stereocenters. The molecule has 0 aliphatic heterocycles. The average molecular weight is 384 g/mol. The molecule has 0 saturated heterocycles. The van der Waals surface area contributed by atoms with Gasteiger partial charge in [0.15, 0.2) is 5.69 Å². The highest BCUT2D eigenvalue weighted by Gasteiger charge is 2.21. The maximum atomic E-state index is 12.9. The molecule has 0 unspecified atom stereocenters. The molecule has 29 heavy (non-hydrogen) atoms. The van der Waals surface area contributed by atoms with Crippen LogP contribution in [0.2, 0.25) is 0 Å². The fourth-order valence-electron chi connectivity index (χ4n) is 3.05. The summed E-state index contributed by atoms with van der Waals surface area (Å²) in [4.78, 5) is 12.9. The SMILES string of the molecule is COc1ccc(CNC(=O)c2nnn(-c3ccccc3)c2-c2ccccc2)cc1. The van der Waals surface area contributed by atoms with E-state index in [2.05, 4.69) is 15.6 Å². The van der Waals surface area contributed by atoms with E-state index in [9.17, 15) is 4.79 Å². The molecular formula is C23H20N4O2. The number of nitrogens with zero attached hydrogens (tertiary/aromatic N) is 3. The Labute approximate surface area is 168 Å². The van der Waals surface area contributed by atoms with Gasteiger partial charge in [-0.05, 0) is 29.8 Å². The Morgan fingerprint density at radius 1 is 0.931 bits per heavy atom. The molecule has 1 aromatic heterocycles. The molecular weight excluding hydrogens is 364 g/mol. The van der Waals surface area contributed by atoms with Crippen LogP contribution in [-0.4, -0.2) is 28.0 Å². The van der Waals surface area contributed by atoms with Crippen molar-refractivity contribution in [2.24, 2.45) is 0 Å². The molecule has 0 saturated carbocycles. The van der Waals surface area contributed by atoms with Gasteiger partial charge in [0.2, 0.25) is 0 Å². The summed E-state index contributed by atoms with van der Waals surface area (Å²) < 4.78 is 6.86. The minimum Gasteiger partial charge on any atom is -0.497 e. The molecule has 0 aliphatic rings. The Kier molecular flexibility index (Phi) is 5.33. The molecule has 6 heteroatoms. The zero-order valence-electron chi connectivity index (χ0n) is 15.9. The van der Waals surface area contributed by atoms with E-state index in [0.29, 0.717) is 12.2 Å². The first-order valence-corrected chi connectivity index (χ1v) is 9.24. The molecule has 6 nitrogen and oxygen atoms in total. The van der Waals surface area contributed by atoms with Crippen molar-refractivity contribution in [2.75, 3.05) is 7.11 Å². The van der Waals surface area contributed by atoms with Crippen molar-refractivity contribution in [1.29, 1.82) is 0 Å². The molecule has 144 valence electrons. The van der Waals surface area contributed by atoms with Crippen LogP contribution in [-0.2, 0) is 6.54 Å². The van der Waals surface area contributed by atoms with Crippen molar-refractivity contribution in [3.63, 3.8) is 0 Å². The van der Waals surface area contributed by atoms with Gasteiger partial charge in [0.05, 0.1) is 12.8 Å². The van der Waals surface area contributed by atoms with E-state index < -0.39 is 0 Å². The molecule has 0 aliphatic carbocycles. The molecule has 0 radical (unpaired) electrons. The van der Waals surface area contributed by atoms with Crippen molar-refractivity contribution >= 4 is 5.91 Å². The number of hydrogen-bond acceptors (Lipinski definition) is 4. The molecule has 1 amide bonds. The molecule has 1 heterocycles. The monoisotopic (exact) mass is 384 g/mol. The highest BCUT2D eigenvalue weighted by atomic mass is 16.5.